The lowest BCUT2D eigenvalue weighted by Gasteiger charge is -2.18. The molecule has 390 valence electrons. The van der Waals surface area contributed by atoms with Crippen molar-refractivity contribution in [3.05, 3.63) is 48.6 Å². The van der Waals surface area contributed by atoms with E-state index in [0.717, 1.165) is 96.3 Å². The standard InChI is InChI=1S/C61H110O6/c1-4-7-10-13-16-19-22-25-28-31-34-36-39-42-45-48-51-54-60(63)66-57-58(67-61(64)55-52-49-46-43-40-37-33-30-27-24-21-18-15-12-9-6-3)56-65-59(62)53-50-47-44-41-38-35-32-29-26-23-20-17-14-11-8-5-2/h16,19,21,24-25,28,30,33,58H,4-15,17-18,20,22-23,26-27,29,31-32,34-57H2,1-3H3/b19-16-,24-21-,28-25-,33-30-. The molecule has 1 atom stereocenters. The molecule has 0 heterocycles. The molecule has 6 nitrogen and oxygen atoms in total. The molecule has 0 saturated heterocycles. The summed E-state index contributed by atoms with van der Waals surface area (Å²) in [6.45, 7) is 6.62. The average molecular weight is 940 g/mol. The number of rotatable bonds is 53. The molecule has 0 spiro atoms. The summed E-state index contributed by atoms with van der Waals surface area (Å²) in [5.74, 6) is -0.885. The fourth-order valence-electron chi connectivity index (χ4n) is 8.39. The molecule has 0 aromatic heterocycles. The summed E-state index contributed by atoms with van der Waals surface area (Å²) in [6, 6.07) is 0. The van der Waals surface area contributed by atoms with Crippen LogP contribution in [-0.2, 0) is 28.6 Å². The van der Waals surface area contributed by atoms with Gasteiger partial charge in [0.15, 0.2) is 6.10 Å². The molecule has 0 amide bonds. The van der Waals surface area contributed by atoms with Crippen LogP contribution in [0.25, 0.3) is 0 Å². The first kappa shape index (κ1) is 64.4. The van der Waals surface area contributed by atoms with Crippen LogP contribution in [0.5, 0.6) is 0 Å². The predicted octanol–water partition coefficient (Wildman–Crippen LogP) is 19.4. The molecule has 0 bridgehead atoms. The summed E-state index contributed by atoms with van der Waals surface area (Å²) < 4.78 is 16.9. The quantitative estimate of drug-likeness (QED) is 0.0262. The SMILES string of the molecule is CCCCC/C=C\C/C=C\CCCCCCCCCC(=O)OCC(COC(=O)CCCCCCCCCCCCCCCCCC)OC(=O)CCCCCCC/C=C\C/C=C\CCCCCC. The van der Waals surface area contributed by atoms with E-state index in [9.17, 15) is 14.4 Å². The van der Waals surface area contributed by atoms with Gasteiger partial charge in [-0.1, -0.05) is 249 Å². The summed E-state index contributed by atoms with van der Waals surface area (Å²) in [7, 11) is 0. The smallest absolute Gasteiger partial charge is 0.306 e. The fourth-order valence-corrected chi connectivity index (χ4v) is 8.39. The monoisotopic (exact) mass is 939 g/mol. The van der Waals surface area contributed by atoms with Gasteiger partial charge in [0.2, 0.25) is 0 Å². The van der Waals surface area contributed by atoms with Gasteiger partial charge in [0.25, 0.3) is 0 Å². The number of esters is 3. The molecule has 0 radical (unpaired) electrons. The summed E-state index contributed by atoms with van der Waals surface area (Å²) in [4.78, 5) is 38.2. The second kappa shape index (κ2) is 56.0. The first-order valence-electron chi connectivity index (χ1n) is 29.1. The highest BCUT2D eigenvalue weighted by molar-refractivity contribution is 5.71. The van der Waals surface area contributed by atoms with Crippen LogP contribution in [0.2, 0.25) is 0 Å². The van der Waals surface area contributed by atoms with E-state index < -0.39 is 6.10 Å². The molecule has 0 N–H and O–H groups in total. The van der Waals surface area contributed by atoms with Crippen molar-refractivity contribution >= 4 is 17.9 Å². The highest BCUT2D eigenvalue weighted by Gasteiger charge is 2.19. The van der Waals surface area contributed by atoms with Gasteiger partial charge in [-0.05, 0) is 83.5 Å². The van der Waals surface area contributed by atoms with Crippen LogP contribution < -0.4 is 0 Å². The largest absolute Gasteiger partial charge is 0.462 e. The van der Waals surface area contributed by atoms with Gasteiger partial charge in [-0.3, -0.25) is 14.4 Å². The Morgan fingerprint density at radius 1 is 0.299 bits per heavy atom. The van der Waals surface area contributed by atoms with E-state index in [1.165, 1.54) is 167 Å². The van der Waals surface area contributed by atoms with Gasteiger partial charge in [-0.2, -0.15) is 0 Å². The Morgan fingerprint density at radius 3 is 0.866 bits per heavy atom. The van der Waals surface area contributed by atoms with Crippen LogP contribution in [0.4, 0.5) is 0 Å². The number of carbonyl (C=O) groups excluding carboxylic acids is 3. The maximum atomic E-state index is 12.9. The molecule has 0 aliphatic carbocycles. The minimum Gasteiger partial charge on any atom is -0.462 e. The number of carbonyl (C=O) groups is 3. The Kier molecular flexibility index (Phi) is 53.8. The number of hydrogen-bond donors (Lipinski definition) is 0. The van der Waals surface area contributed by atoms with Gasteiger partial charge in [-0.25, -0.2) is 0 Å². The van der Waals surface area contributed by atoms with E-state index in [-0.39, 0.29) is 31.1 Å². The Labute approximate surface area is 416 Å². The van der Waals surface area contributed by atoms with Crippen molar-refractivity contribution in [3.8, 4) is 0 Å². The third kappa shape index (κ3) is 54.2. The maximum Gasteiger partial charge on any atom is 0.306 e. The Hall–Kier alpha value is -2.63. The number of ether oxygens (including phenoxy) is 3. The highest BCUT2D eigenvalue weighted by atomic mass is 16.6. The third-order valence-electron chi connectivity index (χ3n) is 12.8. The molecule has 0 saturated carbocycles. The lowest BCUT2D eigenvalue weighted by atomic mass is 10.0. The van der Waals surface area contributed by atoms with E-state index in [4.69, 9.17) is 14.2 Å². The molecular formula is C61H110O6. The average Bonchev–Trinajstić information content (AvgIpc) is 3.33. The molecule has 0 aromatic carbocycles. The number of unbranched alkanes of at least 4 members (excludes halogenated alkanes) is 34. The van der Waals surface area contributed by atoms with Crippen molar-refractivity contribution in [1.29, 1.82) is 0 Å². The summed E-state index contributed by atoms with van der Waals surface area (Å²) in [6.07, 6.45) is 68.1. The van der Waals surface area contributed by atoms with E-state index >= 15 is 0 Å². The Morgan fingerprint density at radius 2 is 0.537 bits per heavy atom. The predicted molar refractivity (Wildman–Crippen MR) is 289 cm³/mol. The van der Waals surface area contributed by atoms with E-state index in [2.05, 4.69) is 69.4 Å². The normalized spacial score (nSPS) is 12.3. The van der Waals surface area contributed by atoms with Crippen molar-refractivity contribution in [2.24, 2.45) is 0 Å². The zero-order valence-electron chi connectivity index (χ0n) is 44.7. The van der Waals surface area contributed by atoms with Gasteiger partial charge in [0.1, 0.15) is 13.2 Å². The van der Waals surface area contributed by atoms with Gasteiger partial charge in [-0.15, -0.1) is 0 Å². The zero-order valence-corrected chi connectivity index (χ0v) is 44.7. The summed E-state index contributed by atoms with van der Waals surface area (Å²) >= 11 is 0. The van der Waals surface area contributed by atoms with Crippen LogP contribution in [0, 0.1) is 0 Å². The Bertz CT molecular complexity index is 1170. The van der Waals surface area contributed by atoms with Crippen molar-refractivity contribution in [3.63, 3.8) is 0 Å². The zero-order chi connectivity index (χ0) is 48.6. The van der Waals surface area contributed by atoms with E-state index in [0.29, 0.717) is 19.3 Å². The van der Waals surface area contributed by atoms with Crippen molar-refractivity contribution < 1.29 is 28.6 Å². The van der Waals surface area contributed by atoms with Gasteiger partial charge < -0.3 is 14.2 Å². The second-order valence-electron chi connectivity index (χ2n) is 19.6. The summed E-state index contributed by atoms with van der Waals surface area (Å²) in [5.41, 5.74) is 0. The summed E-state index contributed by atoms with van der Waals surface area (Å²) in [5, 5.41) is 0. The van der Waals surface area contributed by atoms with Crippen molar-refractivity contribution in [2.45, 2.75) is 309 Å². The van der Waals surface area contributed by atoms with Crippen molar-refractivity contribution in [1.82, 2.24) is 0 Å². The van der Waals surface area contributed by atoms with Crippen LogP contribution >= 0.6 is 0 Å². The minimum absolute atomic E-state index is 0.0784. The van der Waals surface area contributed by atoms with Crippen LogP contribution in [0.3, 0.4) is 0 Å². The Balaban J connectivity index is 4.39. The van der Waals surface area contributed by atoms with Crippen LogP contribution in [0.1, 0.15) is 303 Å². The molecule has 0 fully saturated rings. The molecule has 6 heteroatoms. The lowest BCUT2D eigenvalue weighted by Crippen LogP contribution is -2.30. The minimum atomic E-state index is -0.782. The molecule has 1 unspecified atom stereocenters. The lowest BCUT2D eigenvalue weighted by molar-refractivity contribution is -0.167. The molecule has 0 rings (SSSR count). The first-order valence-corrected chi connectivity index (χ1v) is 29.1. The first-order chi connectivity index (χ1) is 33.0. The third-order valence-corrected chi connectivity index (χ3v) is 12.8. The molecule has 0 aliphatic rings. The topological polar surface area (TPSA) is 78.9 Å². The van der Waals surface area contributed by atoms with E-state index in [1.54, 1.807) is 0 Å². The molecular weight excluding hydrogens is 829 g/mol. The molecule has 0 aromatic rings. The molecule has 0 aliphatic heterocycles. The number of allylic oxidation sites excluding steroid dienone is 8. The second-order valence-corrected chi connectivity index (χ2v) is 19.6. The van der Waals surface area contributed by atoms with Gasteiger partial charge in [0, 0.05) is 19.3 Å². The van der Waals surface area contributed by atoms with E-state index in [1.807, 2.05) is 0 Å². The van der Waals surface area contributed by atoms with Crippen molar-refractivity contribution in [2.75, 3.05) is 13.2 Å². The number of hydrogen-bond acceptors (Lipinski definition) is 6. The van der Waals surface area contributed by atoms with Gasteiger partial charge in [0.05, 0.1) is 0 Å². The molecule has 67 heavy (non-hydrogen) atoms. The van der Waals surface area contributed by atoms with Crippen LogP contribution in [0.15, 0.2) is 48.6 Å². The fraction of sp³-hybridized carbons (Fsp3) is 0.820. The maximum absolute atomic E-state index is 12.9. The van der Waals surface area contributed by atoms with Crippen LogP contribution in [-0.4, -0.2) is 37.2 Å². The van der Waals surface area contributed by atoms with Gasteiger partial charge >= 0.3 is 17.9 Å². The highest BCUT2D eigenvalue weighted by Crippen LogP contribution is 2.16.